The summed E-state index contributed by atoms with van der Waals surface area (Å²) in [7, 11) is 2.45. The van der Waals surface area contributed by atoms with Crippen molar-refractivity contribution in [3.8, 4) is 0 Å². The Kier molecular flexibility index (Phi) is 6.78. The zero-order valence-corrected chi connectivity index (χ0v) is 15.7. The molecule has 1 aromatic carbocycles. The van der Waals surface area contributed by atoms with Crippen molar-refractivity contribution in [3.63, 3.8) is 0 Å². The third-order valence-electron chi connectivity index (χ3n) is 2.94. The van der Waals surface area contributed by atoms with E-state index in [2.05, 4.69) is 25.0 Å². The first-order valence-corrected chi connectivity index (χ1v) is 8.40. The molecule has 136 valence electrons. The maximum atomic E-state index is 11.7. The molecule has 0 bridgehead atoms. The molecule has 0 radical (unpaired) electrons. The number of carbonyl (C=O) groups excluding carboxylic acids is 3. The van der Waals surface area contributed by atoms with Crippen LogP contribution in [0.25, 0.3) is 0 Å². The van der Waals surface area contributed by atoms with E-state index in [9.17, 15) is 14.4 Å². The second-order valence-corrected chi connectivity index (χ2v) is 6.43. The van der Waals surface area contributed by atoms with Crippen molar-refractivity contribution in [1.82, 2.24) is 5.32 Å². The molecule has 1 aromatic rings. The summed E-state index contributed by atoms with van der Waals surface area (Å²) in [5.74, 6) is -1.72. The fourth-order valence-electron chi connectivity index (χ4n) is 1.72. The van der Waals surface area contributed by atoms with Crippen LogP contribution in [0.2, 0.25) is 10.0 Å². The van der Waals surface area contributed by atoms with Gasteiger partial charge in [-0.2, -0.15) is 5.10 Å². The molecule has 1 saturated heterocycles. The van der Waals surface area contributed by atoms with Crippen molar-refractivity contribution >= 4 is 64.2 Å². The van der Waals surface area contributed by atoms with E-state index in [0.29, 0.717) is 5.56 Å². The Morgan fingerprint density at radius 1 is 1.19 bits per heavy atom. The quantitative estimate of drug-likeness (QED) is 0.350. The van der Waals surface area contributed by atoms with Gasteiger partial charge in [-0.1, -0.05) is 23.2 Å². The number of hydrogen-bond acceptors (Lipinski definition) is 8. The van der Waals surface area contributed by atoms with Crippen LogP contribution in [0.5, 0.6) is 0 Å². The summed E-state index contributed by atoms with van der Waals surface area (Å²) in [6.45, 7) is 0. The minimum atomic E-state index is -0.656. The van der Waals surface area contributed by atoms with Gasteiger partial charge in [0.1, 0.15) is 0 Å². The summed E-state index contributed by atoms with van der Waals surface area (Å²) in [5, 5.41) is 10.6. The van der Waals surface area contributed by atoms with Crippen molar-refractivity contribution in [2.75, 3.05) is 14.2 Å². The monoisotopic (exact) mass is 415 g/mol. The van der Waals surface area contributed by atoms with E-state index in [4.69, 9.17) is 23.2 Å². The number of nitrogens with one attached hydrogen (secondary N) is 1. The molecule has 26 heavy (non-hydrogen) atoms. The molecule has 0 saturated carbocycles. The molecule has 1 fully saturated rings. The maximum Gasteiger partial charge on any atom is 0.337 e. The van der Waals surface area contributed by atoms with E-state index in [1.165, 1.54) is 32.6 Å². The Labute approximate surface area is 162 Å². The van der Waals surface area contributed by atoms with Crippen molar-refractivity contribution in [3.05, 3.63) is 44.3 Å². The van der Waals surface area contributed by atoms with Crippen LogP contribution >= 0.6 is 35.0 Å². The van der Waals surface area contributed by atoms with Crippen LogP contribution in [-0.2, 0) is 19.1 Å². The molecule has 1 heterocycles. The van der Waals surface area contributed by atoms with E-state index in [0.717, 1.165) is 17.8 Å². The van der Waals surface area contributed by atoms with Crippen LogP contribution in [0.1, 0.15) is 15.9 Å². The summed E-state index contributed by atoms with van der Waals surface area (Å²) in [5.41, 5.74) is 0.534. The van der Waals surface area contributed by atoms with Gasteiger partial charge in [0, 0.05) is 11.6 Å². The molecule has 1 aliphatic heterocycles. The maximum absolute atomic E-state index is 11.7. The topological polar surface area (TPSA) is 106 Å². The first-order chi connectivity index (χ1) is 12.3. The molecule has 8 nitrogen and oxygen atoms in total. The van der Waals surface area contributed by atoms with Crippen LogP contribution in [-0.4, -0.2) is 43.4 Å². The average molecular weight is 416 g/mol. The number of carbonyl (C=O) groups is 3. The van der Waals surface area contributed by atoms with E-state index in [1.807, 2.05) is 0 Å². The van der Waals surface area contributed by atoms with Gasteiger partial charge in [0.05, 0.1) is 40.9 Å². The van der Waals surface area contributed by atoms with Crippen molar-refractivity contribution in [2.45, 2.75) is 0 Å². The zero-order chi connectivity index (χ0) is 19.3. The second kappa shape index (κ2) is 8.84. The highest BCUT2D eigenvalue weighted by Gasteiger charge is 2.25. The average Bonchev–Trinajstić information content (AvgIpc) is 2.95. The van der Waals surface area contributed by atoms with Crippen LogP contribution in [0.4, 0.5) is 0 Å². The number of nitrogens with zero attached hydrogens (tertiary/aromatic N) is 2. The highest BCUT2D eigenvalue weighted by Crippen LogP contribution is 2.26. The standard InChI is InChI=1S/C15H11Cl2N3O5S/c1-24-12(21)5-11-13(22)19-15(26-11)20-18-6-8-9(16)3-7(4-10(8)17)14(23)25-2/h3-6H,1-2H3,(H,19,20,22)/b11-5+,18-6?. The smallest absolute Gasteiger partial charge is 0.337 e. The zero-order valence-electron chi connectivity index (χ0n) is 13.4. The van der Waals surface area contributed by atoms with E-state index < -0.39 is 17.8 Å². The Hall–Kier alpha value is -2.36. The highest BCUT2D eigenvalue weighted by molar-refractivity contribution is 8.18. The second-order valence-electron chi connectivity index (χ2n) is 4.58. The Bertz CT molecular complexity index is 844. The van der Waals surface area contributed by atoms with E-state index in [1.54, 1.807) is 0 Å². The van der Waals surface area contributed by atoms with Crippen molar-refractivity contribution in [1.29, 1.82) is 0 Å². The number of amidine groups is 1. The van der Waals surface area contributed by atoms with E-state index in [-0.39, 0.29) is 25.7 Å². The third-order valence-corrected chi connectivity index (χ3v) is 4.46. The molecule has 1 aliphatic rings. The highest BCUT2D eigenvalue weighted by atomic mass is 35.5. The number of methoxy groups -OCH3 is 2. The lowest BCUT2D eigenvalue weighted by molar-refractivity contribution is -0.135. The Balaban J connectivity index is 2.17. The van der Waals surface area contributed by atoms with Crippen molar-refractivity contribution < 1.29 is 23.9 Å². The Morgan fingerprint density at radius 2 is 1.85 bits per heavy atom. The molecule has 1 N–H and O–H groups in total. The van der Waals surface area contributed by atoms with Crippen LogP contribution in [0.3, 0.4) is 0 Å². The SMILES string of the molecule is COC(=O)/C=C1/S/C(=N\N=Cc2c(Cl)cc(C(=O)OC)cc2Cl)NC1=O. The number of halogens is 2. The molecule has 2 rings (SSSR count). The van der Waals surface area contributed by atoms with Gasteiger partial charge in [0.15, 0.2) is 5.17 Å². The number of ether oxygens (including phenoxy) is 2. The summed E-state index contributed by atoms with van der Waals surface area (Å²) in [6.07, 6.45) is 2.32. The normalized spacial score (nSPS) is 17.0. The fraction of sp³-hybridized carbons (Fsp3) is 0.133. The number of thioether (sulfide) groups is 1. The molecule has 11 heteroatoms. The van der Waals surface area contributed by atoms with Gasteiger partial charge in [-0.15, -0.1) is 5.10 Å². The predicted molar refractivity (Wildman–Crippen MR) is 98.7 cm³/mol. The number of benzene rings is 1. The molecule has 0 atom stereocenters. The van der Waals surface area contributed by atoms with Gasteiger partial charge >= 0.3 is 11.9 Å². The van der Waals surface area contributed by atoms with Crippen LogP contribution in [0.15, 0.2) is 33.3 Å². The molecule has 0 aromatic heterocycles. The van der Waals surface area contributed by atoms with E-state index >= 15 is 0 Å². The fourth-order valence-corrected chi connectivity index (χ4v) is 3.05. The van der Waals surface area contributed by atoms with Gasteiger partial charge in [0.25, 0.3) is 5.91 Å². The van der Waals surface area contributed by atoms with Crippen molar-refractivity contribution in [2.24, 2.45) is 10.2 Å². The Morgan fingerprint density at radius 3 is 2.42 bits per heavy atom. The lowest BCUT2D eigenvalue weighted by Gasteiger charge is -2.04. The van der Waals surface area contributed by atoms with Crippen LogP contribution < -0.4 is 5.32 Å². The summed E-state index contributed by atoms with van der Waals surface area (Å²) >= 11 is 13.1. The van der Waals surface area contributed by atoms with Gasteiger partial charge in [-0.3, -0.25) is 10.1 Å². The number of esters is 2. The summed E-state index contributed by atoms with van der Waals surface area (Å²) in [4.78, 5) is 34.5. The molecule has 0 aliphatic carbocycles. The molecular formula is C15H11Cl2N3O5S. The summed E-state index contributed by atoms with van der Waals surface area (Å²) < 4.78 is 9.05. The number of amides is 1. The largest absolute Gasteiger partial charge is 0.466 e. The minimum Gasteiger partial charge on any atom is -0.466 e. The lowest BCUT2D eigenvalue weighted by Crippen LogP contribution is -2.19. The van der Waals surface area contributed by atoms with Gasteiger partial charge < -0.3 is 9.47 Å². The molecule has 0 spiro atoms. The first kappa shape index (κ1) is 20.0. The summed E-state index contributed by atoms with van der Waals surface area (Å²) in [6, 6.07) is 2.77. The molecule has 0 unspecified atom stereocenters. The molecule has 1 amide bonds. The first-order valence-electron chi connectivity index (χ1n) is 6.83. The van der Waals surface area contributed by atoms with Gasteiger partial charge in [-0.25, -0.2) is 9.59 Å². The molecular weight excluding hydrogens is 405 g/mol. The van der Waals surface area contributed by atoms with Crippen LogP contribution in [0, 0.1) is 0 Å². The van der Waals surface area contributed by atoms with Gasteiger partial charge in [0.2, 0.25) is 0 Å². The minimum absolute atomic E-state index is 0.129. The van der Waals surface area contributed by atoms with Gasteiger partial charge in [-0.05, 0) is 23.9 Å². The predicted octanol–water partition coefficient (Wildman–Crippen LogP) is 2.39. The lowest BCUT2D eigenvalue weighted by atomic mass is 10.1. The number of hydrogen-bond donors (Lipinski definition) is 1. The number of rotatable bonds is 4. The third kappa shape index (κ3) is 4.84.